The fourth-order valence-electron chi connectivity index (χ4n) is 9.47. The second-order valence-corrected chi connectivity index (χ2v) is 15.2. The van der Waals surface area contributed by atoms with Crippen molar-refractivity contribution in [3.8, 4) is 45.4 Å². The maximum absolute atomic E-state index is 9.91. The van der Waals surface area contributed by atoms with Crippen LogP contribution in [0.4, 0.5) is 5.82 Å². The van der Waals surface area contributed by atoms with Gasteiger partial charge in [-0.15, -0.1) is 4.98 Å². The fraction of sp³-hybridized carbons (Fsp3) is 0. The van der Waals surface area contributed by atoms with E-state index in [9.17, 15) is 5.26 Å². The summed E-state index contributed by atoms with van der Waals surface area (Å²) in [5.74, 6) is 0.322. The van der Waals surface area contributed by atoms with Gasteiger partial charge in [-0.2, -0.15) is 5.26 Å². The molecule has 0 aliphatic heterocycles. The first-order valence-corrected chi connectivity index (χ1v) is 20.1. The quantitative estimate of drug-likeness (QED) is 0.163. The van der Waals surface area contributed by atoms with E-state index in [2.05, 4.69) is 186 Å². The molecule has 7 aromatic carbocycles. The molecule has 0 N–H and O–H groups in total. The smallest absolute Gasteiger partial charge is 0.269 e. The number of hydrogen-bond acceptors (Lipinski definition) is 3. The number of rotatable bonds is 5. The van der Waals surface area contributed by atoms with Crippen LogP contribution < -0.4 is 0 Å². The van der Waals surface area contributed by atoms with Crippen molar-refractivity contribution >= 4 is 71.2 Å². The minimum absolute atomic E-state index is 0.322. The van der Waals surface area contributed by atoms with Gasteiger partial charge in [0.2, 0.25) is 0 Å². The van der Waals surface area contributed by atoms with E-state index in [0.717, 1.165) is 105 Å². The topological polar surface area (TPSA) is 68.7 Å². The number of aromatic nitrogens is 5. The molecule has 282 valence electrons. The molecule has 0 amide bonds. The van der Waals surface area contributed by atoms with E-state index in [1.807, 2.05) is 24.5 Å². The van der Waals surface area contributed by atoms with Crippen LogP contribution in [0.15, 0.2) is 188 Å². The third kappa shape index (κ3) is 5.02. The Balaban J connectivity index is 1.42. The SMILES string of the molecule is [C-]#[N+]c1ccc(-c2cc(-c3ccc(C#N)nc3)c(-n3c4ccccc4c4ccccc43)c(-n3c4ccccc4c4ccccc43)c2-n2c3ccccc3c3ccccc32)cn1. The molecule has 0 saturated heterocycles. The van der Waals surface area contributed by atoms with Crippen LogP contribution in [0.5, 0.6) is 0 Å². The summed E-state index contributed by atoms with van der Waals surface area (Å²) < 4.78 is 7.27. The van der Waals surface area contributed by atoms with Crippen molar-refractivity contribution in [3.63, 3.8) is 0 Å². The average Bonchev–Trinajstić information content (AvgIpc) is 3.97. The summed E-state index contributed by atoms with van der Waals surface area (Å²) in [7, 11) is 0. The van der Waals surface area contributed by atoms with Gasteiger partial charge in [0.05, 0.1) is 50.2 Å². The predicted octanol–water partition coefficient (Wildman–Crippen LogP) is 13.5. The molecule has 0 radical (unpaired) electrons. The summed E-state index contributed by atoms with van der Waals surface area (Å²) in [5, 5.41) is 16.7. The molecule has 5 heterocycles. The molecule has 12 aromatic rings. The lowest BCUT2D eigenvalue weighted by molar-refractivity contribution is 1.05. The highest BCUT2D eigenvalue weighted by molar-refractivity contribution is 6.15. The normalized spacial score (nSPS) is 11.6. The van der Waals surface area contributed by atoms with Crippen molar-refractivity contribution in [1.29, 1.82) is 5.26 Å². The highest BCUT2D eigenvalue weighted by Gasteiger charge is 2.30. The first-order valence-electron chi connectivity index (χ1n) is 20.1. The Morgan fingerprint density at radius 1 is 0.410 bits per heavy atom. The molecule has 0 spiro atoms. The molecular formula is C54H31N7. The van der Waals surface area contributed by atoms with Crippen LogP contribution in [0, 0.1) is 17.9 Å². The molecular weight excluding hydrogens is 747 g/mol. The van der Waals surface area contributed by atoms with Gasteiger partial charge in [-0.1, -0.05) is 122 Å². The predicted molar refractivity (Wildman–Crippen MR) is 247 cm³/mol. The van der Waals surface area contributed by atoms with Crippen LogP contribution >= 0.6 is 0 Å². The second kappa shape index (κ2) is 13.4. The van der Waals surface area contributed by atoms with Crippen LogP contribution in [-0.2, 0) is 0 Å². The Kier molecular flexibility index (Phi) is 7.52. The van der Waals surface area contributed by atoms with Gasteiger partial charge in [0.25, 0.3) is 5.82 Å². The number of pyridine rings is 2. The lowest BCUT2D eigenvalue weighted by atomic mass is 9.94. The molecule has 0 saturated carbocycles. The zero-order chi connectivity index (χ0) is 40.6. The van der Waals surface area contributed by atoms with Crippen LogP contribution in [0.1, 0.15) is 5.69 Å². The van der Waals surface area contributed by atoms with Crippen molar-refractivity contribution in [3.05, 3.63) is 205 Å². The summed E-state index contributed by atoms with van der Waals surface area (Å²) in [6, 6.07) is 63.8. The maximum atomic E-state index is 9.91. The van der Waals surface area contributed by atoms with Crippen molar-refractivity contribution in [2.75, 3.05) is 0 Å². The number of para-hydroxylation sites is 6. The molecule has 0 atom stereocenters. The van der Waals surface area contributed by atoms with E-state index in [1.54, 1.807) is 12.1 Å². The molecule has 61 heavy (non-hydrogen) atoms. The highest BCUT2D eigenvalue weighted by Crippen LogP contribution is 2.49. The lowest BCUT2D eigenvalue weighted by Gasteiger charge is -2.27. The highest BCUT2D eigenvalue weighted by atomic mass is 15.1. The summed E-state index contributed by atoms with van der Waals surface area (Å²) in [6.45, 7) is 7.78. The van der Waals surface area contributed by atoms with Gasteiger partial charge in [0, 0.05) is 60.8 Å². The summed E-state index contributed by atoms with van der Waals surface area (Å²) in [4.78, 5) is 13.0. The van der Waals surface area contributed by atoms with Gasteiger partial charge >= 0.3 is 0 Å². The third-order valence-electron chi connectivity index (χ3n) is 12.0. The van der Waals surface area contributed by atoms with Gasteiger partial charge in [-0.3, -0.25) is 0 Å². The summed E-state index contributed by atoms with van der Waals surface area (Å²) in [5.41, 5.74) is 13.0. The Hall–Kier alpha value is -8.78. The standard InChI is InChI=1S/C54H31N7/c1-56-51-29-27-35(33-58-51)44-30-43(34-26-28-36(31-55)57-32-34)52(59-45-20-8-2-14-37(45)38-15-3-9-21-46(38)59)54(61-49-24-12-6-18-41(49)42-19-7-13-25-50(42)61)53(44)60-47-22-10-4-16-39(47)40-17-5-11-23-48(40)60/h2-30,32-33H. The van der Waals surface area contributed by atoms with Crippen molar-refractivity contribution < 1.29 is 0 Å². The van der Waals surface area contributed by atoms with E-state index in [1.165, 1.54) is 0 Å². The van der Waals surface area contributed by atoms with E-state index in [-0.39, 0.29) is 0 Å². The number of nitriles is 1. The Bertz CT molecular complexity index is 3480. The molecule has 12 rings (SSSR count). The Morgan fingerprint density at radius 2 is 0.754 bits per heavy atom. The second-order valence-electron chi connectivity index (χ2n) is 15.2. The van der Waals surface area contributed by atoms with Crippen molar-refractivity contribution in [2.24, 2.45) is 0 Å². The van der Waals surface area contributed by atoms with E-state index in [4.69, 9.17) is 6.57 Å². The maximum Gasteiger partial charge on any atom is 0.269 e. The average molecular weight is 778 g/mol. The Labute approximate surface area is 349 Å². The third-order valence-corrected chi connectivity index (χ3v) is 12.0. The number of benzene rings is 7. The summed E-state index contributed by atoms with van der Waals surface area (Å²) >= 11 is 0. The van der Waals surface area contributed by atoms with E-state index >= 15 is 0 Å². The molecule has 7 nitrogen and oxygen atoms in total. The first-order chi connectivity index (χ1) is 30.2. The van der Waals surface area contributed by atoms with Crippen molar-refractivity contribution in [1.82, 2.24) is 23.7 Å². The first kappa shape index (κ1) is 34.3. The zero-order valence-electron chi connectivity index (χ0n) is 32.5. The van der Waals surface area contributed by atoms with E-state index in [0.29, 0.717) is 11.5 Å². The van der Waals surface area contributed by atoms with Crippen LogP contribution in [0.2, 0.25) is 0 Å². The monoisotopic (exact) mass is 777 g/mol. The van der Waals surface area contributed by atoms with Crippen LogP contribution in [0.25, 0.3) is 110 Å². The van der Waals surface area contributed by atoms with Crippen LogP contribution in [0.3, 0.4) is 0 Å². The minimum atomic E-state index is 0.322. The van der Waals surface area contributed by atoms with Gasteiger partial charge < -0.3 is 18.5 Å². The fourth-order valence-corrected chi connectivity index (χ4v) is 9.47. The number of hydrogen-bond donors (Lipinski definition) is 0. The van der Waals surface area contributed by atoms with Crippen molar-refractivity contribution in [2.45, 2.75) is 0 Å². The largest absolute Gasteiger partial charge is 0.361 e. The number of nitrogens with zero attached hydrogens (tertiary/aromatic N) is 7. The molecule has 0 aliphatic rings. The van der Waals surface area contributed by atoms with Gasteiger partial charge in [-0.05, 0) is 60.7 Å². The molecule has 0 aliphatic carbocycles. The molecule has 0 fully saturated rings. The molecule has 7 heteroatoms. The number of fused-ring (bicyclic) bond motifs is 9. The zero-order valence-corrected chi connectivity index (χ0v) is 32.5. The summed E-state index contributed by atoms with van der Waals surface area (Å²) in [6.07, 6.45) is 3.63. The molecule has 0 unspecified atom stereocenters. The molecule has 0 bridgehead atoms. The van der Waals surface area contributed by atoms with Crippen LogP contribution in [-0.4, -0.2) is 23.7 Å². The van der Waals surface area contributed by atoms with E-state index < -0.39 is 0 Å². The van der Waals surface area contributed by atoms with Gasteiger partial charge in [0.1, 0.15) is 18.0 Å². The van der Waals surface area contributed by atoms with Gasteiger partial charge in [0.15, 0.2) is 0 Å². The van der Waals surface area contributed by atoms with Gasteiger partial charge in [-0.25, -0.2) is 4.98 Å². The minimum Gasteiger partial charge on any atom is -0.361 e. The Morgan fingerprint density at radius 3 is 1.07 bits per heavy atom. The molecule has 5 aromatic heterocycles. The lowest BCUT2D eigenvalue weighted by Crippen LogP contribution is -2.12.